The van der Waals surface area contributed by atoms with Gasteiger partial charge in [0.05, 0.1) is 17.8 Å². The highest BCUT2D eigenvalue weighted by molar-refractivity contribution is 7.89. The van der Waals surface area contributed by atoms with Gasteiger partial charge in [-0.05, 0) is 24.8 Å². The number of carbonyl (C=O) groups excluding carboxylic acids is 1. The molecule has 1 saturated carbocycles. The van der Waals surface area contributed by atoms with Crippen molar-refractivity contribution in [2.75, 3.05) is 18.9 Å². The molecule has 0 aromatic carbocycles. The van der Waals surface area contributed by atoms with Gasteiger partial charge in [0.15, 0.2) is 0 Å². The Labute approximate surface area is 158 Å². The molecular weight excluding hydrogens is 372 g/mol. The molecule has 0 radical (unpaired) electrons. The number of pyridine rings is 1. The van der Waals surface area contributed by atoms with Crippen LogP contribution in [0.3, 0.4) is 0 Å². The number of nitrogens with zero attached hydrogens (tertiary/aromatic N) is 2. The second-order valence-corrected chi connectivity index (χ2v) is 9.63. The standard InChI is InChI=1S/C16H26N6O4S/c1-10-6-12-16(19-20-18-12)13(7-10)27(25,26)22(3)9-14(23)17-11-4-5-21(2)15(24)8-11/h4-5,8,10,12-13,16,18-20H,6-7,9H2,1-3H3,(H,17,23). The Kier molecular flexibility index (Phi) is 5.68. The monoisotopic (exact) mass is 398 g/mol. The van der Waals surface area contributed by atoms with Gasteiger partial charge in [0.1, 0.15) is 0 Å². The van der Waals surface area contributed by atoms with Gasteiger partial charge in [0.2, 0.25) is 15.9 Å². The van der Waals surface area contributed by atoms with Crippen molar-refractivity contribution in [3.8, 4) is 0 Å². The van der Waals surface area contributed by atoms with E-state index in [1.807, 2.05) is 6.92 Å². The molecule has 11 heteroatoms. The lowest BCUT2D eigenvalue weighted by Gasteiger charge is -2.37. The Bertz CT molecular complexity index is 870. The first kappa shape index (κ1) is 20.0. The summed E-state index contributed by atoms with van der Waals surface area (Å²) in [5.41, 5.74) is 8.94. The quantitative estimate of drug-likeness (QED) is 0.488. The number of likely N-dealkylation sites (N-methyl/N-ethyl adjacent to an activating group) is 1. The molecule has 10 nitrogen and oxygen atoms in total. The van der Waals surface area contributed by atoms with Crippen molar-refractivity contribution >= 4 is 21.6 Å². The van der Waals surface area contributed by atoms with Crippen LogP contribution in [0.15, 0.2) is 23.1 Å². The second kappa shape index (κ2) is 7.68. The number of hydrazine groups is 2. The Balaban J connectivity index is 1.68. The van der Waals surface area contributed by atoms with Gasteiger partial charge in [-0.3, -0.25) is 9.59 Å². The van der Waals surface area contributed by atoms with Crippen LogP contribution in [0.4, 0.5) is 5.69 Å². The SMILES string of the molecule is CC1CC2NNNC2C(S(=O)(=O)N(C)CC(=O)Nc2ccn(C)c(=O)c2)C1. The van der Waals surface area contributed by atoms with Crippen molar-refractivity contribution in [3.05, 3.63) is 28.7 Å². The van der Waals surface area contributed by atoms with Crippen molar-refractivity contribution in [2.24, 2.45) is 13.0 Å². The number of amides is 1. The number of carbonyl (C=O) groups is 1. The first-order chi connectivity index (χ1) is 12.7. The average molecular weight is 398 g/mol. The highest BCUT2D eigenvalue weighted by Gasteiger charge is 2.47. The molecule has 1 aromatic rings. The average Bonchev–Trinajstić information content (AvgIpc) is 3.05. The summed E-state index contributed by atoms with van der Waals surface area (Å²) in [5.74, 6) is -0.242. The summed E-state index contributed by atoms with van der Waals surface area (Å²) < 4.78 is 28.6. The molecule has 4 atom stereocenters. The lowest BCUT2D eigenvalue weighted by molar-refractivity contribution is -0.116. The van der Waals surface area contributed by atoms with Crippen LogP contribution in [-0.2, 0) is 21.9 Å². The molecule has 2 heterocycles. The molecule has 1 aliphatic heterocycles. The molecule has 0 bridgehead atoms. The van der Waals surface area contributed by atoms with E-state index in [1.54, 1.807) is 13.1 Å². The van der Waals surface area contributed by atoms with Crippen molar-refractivity contribution in [2.45, 2.75) is 37.1 Å². The first-order valence-electron chi connectivity index (χ1n) is 8.86. The molecule has 4 N–H and O–H groups in total. The molecule has 2 fully saturated rings. The molecule has 150 valence electrons. The van der Waals surface area contributed by atoms with E-state index in [1.165, 1.54) is 23.9 Å². The summed E-state index contributed by atoms with van der Waals surface area (Å²) in [4.78, 5) is 23.9. The first-order valence-corrected chi connectivity index (χ1v) is 10.4. The number of hydrogen-bond acceptors (Lipinski definition) is 7. The van der Waals surface area contributed by atoms with Gasteiger partial charge in [-0.1, -0.05) is 6.92 Å². The molecule has 2 aliphatic rings. The fraction of sp³-hybridized carbons (Fsp3) is 0.625. The minimum absolute atomic E-state index is 0.0243. The molecule has 1 amide bonds. The van der Waals surface area contributed by atoms with E-state index < -0.39 is 21.2 Å². The number of hydrogen-bond donors (Lipinski definition) is 4. The molecule has 27 heavy (non-hydrogen) atoms. The Morgan fingerprint density at radius 1 is 1.37 bits per heavy atom. The molecule has 0 spiro atoms. The maximum atomic E-state index is 13.1. The van der Waals surface area contributed by atoms with Crippen LogP contribution in [0.1, 0.15) is 19.8 Å². The Morgan fingerprint density at radius 2 is 2.11 bits per heavy atom. The lowest BCUT2D eigenvalue weighted by Crippen LogP contribution is -2.55. The lowest BCUT2D eigenvalue weighted by atomic mass is 9.84. The van der Waals surface area contributed by atoms with Crippen LogP contribution in [0, 0.1) is 5.92 Å². The largest absolute Gasteiger partial charge is 0.325 e. The maximum absolute atomic E-state index is 13.1. The van der Waals surface area contributed by atoms with Gasteiger partial charge < -0.3 is 9.88 Å². The summed E-state index contributed by atoms with van der Waals surface area (Å²) >= 11 is 0. The van der Waals surface area contributed by atoms with E-state index in [0.717, 1.165) is 10.7 Å². The molecule has 1 saturated heterocycles. The summed E-state index contributed by atoms with van der Waals surface area (Å²) in [7, 11) is -0.677. The zero-order chi connectivity index (χ0) is 19.8. The highest BCUT2D eigenvalue weighted by Crippen LogP contribution is 2.31. The zero-order valence-corrected chi connectivity index (χ0v) is 16.4. The van der Waals surface area contributed by atoms with Crippen LogP contribution in [0.5, 0.6) is 0 Å². The fourth-order valence-corrected chi connectivity index (χ4v) is 5.66. The topological polar surface area (TPSA) is 125 Å². The number of nitrogens with one attached hydrogen (secondary N) is 4. The highest BCUT2D eigenvalue weighted by atomic mass is 32.2. The van der Waals surface area contributed by atoms with Gasteiger partial charge in [-0.2, -0.15) is 9.84 Å². The minimum atomic E-state index is -3.69. The van der Waals surface area contributed by atoms with Gasteiger partial charge in [0.25, 0.3) is 5.56 Å². The Hall–Kier alpha value is -1.79. The van der Waals surface area contributed by atoms with E-state index >= 15 is 0 Å². The maximum Gasteiger partial charge on any atom is 0.252 e. The number of sulfonamides is 1. The summed E-state index contributed by atoms with van der Waals surface area (Å²) in [6.07, 6.45) is 2.94. The third-order valence-corrected chi connectivity index (χ3v) is 7.44. The second-order valence-electron chi connectivity index (χ2n) is 7.37. The third-order valence-electron chi connectivity index (χ3n) is 5.19. The van der Waals surface area contributed by atoms with E-state index in [2.05, 4.69) is 21.7 Å². The van der Waals surface area contributed by atoms with E-state index in [0.29, 0.717) is 12.1 Å². The van der Waals surface area contributed by atoms with Gasteiger partial charge in [-0.15, -0.1) is 0 Å². The molecule has 4 unspecified atom stereocenters. The predicted molar refractivity (Wildman–Crippen MR) is 101 cm³/mol. The van der Waals surface area contributed by atoms with E-state index in [4.69, 9.17) is 0 Å². The number of aryl methyl sites for hydroxylation is 1. The smallest absolute Gasteiger partial charge is 0.252 e. The number of anilines is 1. The molecule has 1 aliphatic carbocycles. The molecule has 1 aromatic heterocycles. The van der Waals surface area contributed by atoms with E-state index in [9.17, 15) is 18.0 Å². The predicted octanol–water partition coefficient (Wildman–Crippen LogP) is -1.27. The van der Waals surface area contributed by atoms with Crippen molar-refractivity contribution in [1.82, 2.24) is 25.3 Å². The van der Waals surface area contributed by atoms with Gasteiger partial charge in [-0.25, -0.2) is 19.3 Å². The van der Waals surface area contributed by atoms with Crippen LogP contribution < -0.4 is 27.3 Å². The van der Waals surface area contributed by atoms with Crippen molar-refractivity contribution in [3.63, 3.8) is 0 Å². The molecule has 3 rings (SSSR count). The van der Waals surface area contributed by atoms with Crippen LogP contribution in [-0.4, -0.2) is 54.1 Å². The molecular formula is C16H26N6O4S. The van der Waals surface area contributed by atoms with Gasteiger partial charge >= 0.3 is 0 Å². The zero-order valence-electron chi connectivity index (χ0n) is 15.6. The summed E-state index contributed by atoms with van der Waals surface area (Å²) in [5, 5.41) is 1.94. The fourth-order valence-electron chi connectivity index (χ4n) is 3.70. The van der Waals surface area contributed by atoms with Crippen LogP contribution in [0.25, 0.3) is 0 Å². The van der Waals surface area contributed by atoms with Crippen LogP contribution >= 0.6 is 0 Å². The third kappa shape index (κ3) is 4.22. The Morgan fingerprint density at radius 3 is 2.81 bits per heavy atom. The normalized spacial score (nSPS) is 28.1. The van der Waals surface area contributed by atoms with Crippen molar-refractivity contribution < 1.29 is 13.2 Å². The summed E-state index contributed by atoms with van der Waals surface area (Å²) in [6.45, 7) is 1.71. The number of fused-ring (bicyclic) bond motifs is 1. The summed E-state index contributed by atoms with van der Waals surface area (Å²) in [6, 6.07) is 2.64. The number of rotatable bonds is 5. The van der Waals surface area contributed by atoms with Crippen molar-refractivity contribution in [1.29, 1.82) is 0 Å². The van der Waals surface area contributed by atoms with E-state index in [-0.39, 0.29) is 30.1 Å². The van der Waals surface area contributed by atoms with Gasteiger partial charge in [0, 0.05) is 38.1 Å². The van der Waals surface area contributed by atoms with Crippen LogP contribution in [0.2, 0.25) is 0 Å². The number of aromatic nitrogens is 1. The minimum Gasteiger partial charge on any atom is -0.325 e.